The molecular weight excluding hydrogens is 232 g/mol. The van der Waals surface area contributed by atoms with Crippen LogP contribution in [0.5, 0.6) is 0 Å². The third-order valence-electron chi connectivity index (χ3n) is 4.21. The van der Waals surface area contributed by atoms with E-state index >= 15 is 0 Å². The first-order chi connectivity index (χ1) is 9.29. The number of nitrogens with one attached hydrogen (secondary N) is 1. The number of piperidine rings is 1. The average molecular weight is 260 g/mol. The van der Waals surface area contributed by atoms with Gasteiger partial charge < -0.3 is 10.2 Å². The van der Waals surface area contributed by atoms with Gasteiger partial charge in [-0.15, -0.1) is 0 Å². The van der Waals surface area contributed by atoms with Gasteiger partial charge in [0.25, 0.3) is 0 Å². The van der Waals surface area contributed by atoms with Crippen LogP contribution in [-0.4, -0.2) is 37.1 Å². The second-order valence-electron chi connectivity index (χ2n) is 5.84. The summed E-state index contributed by atoms with van der Waals surface area (Å²) < 4.78 is 0. The van der Waals surface area contributed by atoms with Crippen molar-refractivity contribution in [2.45, 2.75) is 45.1 Å². The minimum absolute atomic E-state index is 0.606. The zero-order valence-corrected chi connectivity index (χ0v) is 12.4. The lowest BCUT2D eigenvalue weighted by Crippen LogP contribution is -2.43. The number of likely N-dealkylation sites (tertiary alicyclic amines) is 1. The molecule has 0 bridgehead atoms. The third-order valence-corrected chi connectivity index (χ3v) is 4.21. The maximum Gasteiger partial charge on any atom is 0.00916 e. The van der Waals surface area contributed by atoms with Crippen molar-refractivity contribution in [2.24, 2.45) is 0 Å². The van der Waals surface area contributed by atoms with Crippen LogP contribution in [0.1, 0.15) is 44.6 Å². The van der Waals surface area contributed by atoms with Crippen molar-refractivity contribution >= 4 is 0 Å². The van der Waals surface area contributed by atoms with Gasteiger partial charge in [0.2, 0.25) is 0 Å². The van der Waals surface area contributed by atoms with E-state index in [0.29, 0.717) is 5.92 Å². The van der Waals surface area contributed by atoms with Crippen LogP contribution in [0.2, 0.25) is 0 Å². The molecule has 0 spiro atoms. The van der Waals surface area contributed by atoms with Crippen molar-refractivity contribution in [1.29, 1.82) is 0 Å². The maximum atomic E-state index is 3.76. The molecule has 2 rings (SSSR count). The van der Waals surface area contributed by atoms with E-state index in [1.54, 1.807) is 0 Å². The fraction of sp³-hybridized carbons (Fsp3) is 0.647. The van der Waals surface area contributed by atoms with Crippen LogP contribution < -0.4 is 5.32 Å². The molecule has 0 aliphatic carbocycles. The topological polar surface area (TPSA) is 15.3 Å². The van der Waals surface area contributed by atoms with Crippen LogP contribution in [0.3, 0.4) is 0 Å². The van der Waals surface area contributed by atoms with Crippen LogP contribution in [0.4, 0.5) is 0 Å². The van der Waals surface area contributed by atoms with Gasteiger partial charge in [-0.05, 0) is 50.4 Å². The van der Waals surface area contributed by atoms with E-state index in [0.717, 1.165) is 12.6 Å². The van der Waals surface area contributed by atoms with E-state index in [9.17, 15) is 0 Å². The highest BCUT2D eigenvalue weighted by atomic mass is 15.1. The van der Waals surface area contributed by atoms with Gasteiger partial charge in [-0.2, -0.15) is 0 Å². The van der Waals surface area contributed by atoms with E-state index in [1.807, 2.05) is 0 Å². The SMILES string of the molecule is CCCN1CCC(NC[C@H](C)c2ccccc2)CC1. The molecule has 0 aromatic heterocycles. The highest BCUT2D eigenvalue weighted by Crippen LogP contribution is 2.15. The number of rotatable bonds is 6. The van der Waals surface area contributed by atoms with Gasteiger partial charge >= 0.3 is 0 Å². The fourth-order valence-electron chi connectivity index (χ4n) is 2.92. The second-order valence-corrected chi connectivity index (χ2v) is 5.84. The Morgan fingerprint density at radius 2 is 1.89 bits per heavy atom. The van der Waals surface area contributed by atoms with Crippen molar-refractivity contribution in [1.82, 2.24) is 10.2 Å². The molecule has 1 aliphatic rings. The monoisotopic (exact) mass is 260 g/mol. The van der Waals surface area contributed by atoms with E-state index in [1.165, 1.54) is 44.5 Å². The largest absolute Gasteiger partial charge is 0.313 e. The van der Waals surface area contributed by atoms with Gasteiger partial charge in [0.05, 0.1) is 0 Å². The number of hydrogen-bond donors (Lipinski definition) is 1. The van der Waals surface area contributed by atoms with E-state index in [4.69, 9.17) is 0 Å². The van der Waals surface area contributed by atoms with Crippen LogP contribution in [-0.2, 0) is 0 Å². The Labute approximate surface area is 118 Å². The molecule has 0 saturated carbocycles. The number of hydrogen-bond acceptors (Lipinski definition) is 2. The standard InChI is InChI=1S/C17H28N2/c1-3-11-19-12-9-17(10-13-19)18-14-15(2)16-7-5-4-6-8-16/h4-8,15,17-18H,3,9-14H2,1-2H3/t15-/m0/s1. The first kappa shape index (κ1) is 14.5. The minimum atomic E-state index is 0.606. The summed E-state index contributed by atoms with van der Waals surface area (Å²) in [5, 5.41) is 3.76. The van der Waals surface area contributed by atoms with Gasteiger partial charge in [0.15, 0.2) is 0 Å². The molecule has 1 aromatic carbocycles. The first-order valence-electron chi connectivity index (χ1n) is 7.80. The molecule has 19 heavy (non-hydrogen) atoms. The summed E-state index contributed by atoms with van der Waals surface area (Å²) in [4.78, 5) is 2.60. The van der Waals surface area contributed by atoms with Crippen molar-refractivity contribution in [2.75, 3.05) is 26.2 Å². The molecule has 0 radical (unpaired) electrons. The summed E-state index contributed by atoms with van der Waals surface area (Å²) in [6.07, 6.45) is 3.89. The second kappa shape index (κ2) is 7.66. The van der Waals surface area contributed by atoms with E-state index in [-0.39, 0.29) is 0 Å². The zero-order valence-electron chi connectivity index (χ0n) is 12.4. The summed E-state index contributed by atoms with van der Waals surface area (Å²) in [5.74, 6) is 0.606. The van der Waals surface area contributed by atoms with Crippen molar-refractivity contribution in [3.05, 3.63) is 35.9 Å². The van der Waals surface area contributed by atoms with Crippen molar-refractivity contribution < 1.29 is 0 Å². The highest BCUT2D eigenvalue weighted by Gasteiger charge is 2.18. The fourth-order valence-corrected chi connectivity index (χ4v) is 2.92. The minimum Gasteiger partial charge on any atom is -0.313 e. The zero-order chi connectivity index (χ0) is 13.5. The molecule has 1 heterocycles. The number of nitrogens with zero attached hydrogens (tertiary/aromatic N) is 1. The van der Waals surface area contributed by atoms with Crippen molar-refractivity contribution in [3.63, 3.8) is 0 Å². The molecule has 2 nitrogen and oxygen atoms in total. The molecule has 1 fully saturated rings. The van der Waals surface area contributed by atoms with Gasteiger partial charge in [-0.1, -0.05) is 44.2 Å². The Bertz CT molecular complexity index is 342. The smallest absolute Gasteiger partial charge is 0.00916 e. The maximum absolute atomic E-state index is 3.76. The lowest BCUT2D eigenvalue weighted by molar-refractivity contribution is 0.197. The third kappa shape index (κ3) is 4.63. The molecule has 1 atom stereocenters. The first-order valence-corrected chi connectivity index (χ1v) is 7.80. The quantitative estimate of drug-likeness (QED) is 0.844. The van der Waals surface area contributed by atoms with Gasteiger partial charge in [0, 0.05) is 12.6 Å². The molecule has 1 aromatic rings. The highest BCUT2D eigenvalue weighted by molar-refractivity contribution is 5.19. The summed E-state index contributed by atoms with van der Waals surface area (Å²) in [6.45, 7) is 9.49. The number of benzene rings is 1. The van der Waals surface area contributed by atoms with Crippen LogP contribution in [0.25, 0.3) is 0 Å². The predicted molar refractivity (Wildman–Crippen MR) is 82.6 cm³/mol. The van der Waals surface area contributed by atoms with Crippen LogP contribution >= 0.6 is 0 Å². The van der Waals surface area contributed by atoms with Crippen LogP contribution in [0, 0.1) is 0 Å². The van der Waals surface area contributed by atoms with Gasteiger partial charge in [-0.25, -0.2) is 0 Å². The Hall–Kier alpha value is -0.860. The van der Waals surface area contributed by atoms with Crippen molar-refractivity contribution in [3.8, 4) is 0 Å². The van der Waals surface area contributed by atoms with E-state index in [2.05, 4.69) is 54.4 Å². The van der Waals surface area contributed by atoms with Crippen LogP contribution in [0.15, 0.2) is 30.3 Å². The average Bonchev–Trinajstić information content (AvgIpc) is 2.47. The molecule has 1 aliphatic heterocycles. The normalized spacial score (nSPS) is 19.5. The Morgan fingerprint density at radius 3 is 2.53 bits per heavy atom. The molecule has 1 saturated heterocycles. The molecular formula is C17H28N2. The summed E-state index contributed by atoms with van der Waals surface area (Å²) in [5.41, 5.74) is 1.44. The van der Waals surface area contributed by atoms with Gasteiger partial charge in [0.1, 0.15) is 0 Å². The van der Waals surface area contributed by atoms with E-state index < -0.39 is 0 Å². The Balaban J connectivity index is 1.69. The molecule has 0 unspecified atom stereocenters. The summed E-state index contributed by atoms with van der Waals surface area (Å²) >= 11 is 0. The molecule has 106 valence electrons. The molecule has 0 amide bonds. The molecule has 1 N–H and O–H groups in total. The Morgan fingerprint density at radius 1 is 1.21 bits per heavy atom. The summed E-state index contributed by atoms with van der Waals surface area (Å²) in [7, 11) is 0. The molecule has 2 heteroatoms. The lowest BCUT2D eigenvalue weighted by atomic mass is 9.99. The predicted octanol–water partition coefficient (Wildman–Crippen LogP) is 3.25. The summed E-state index contributed by atoms with van der Waals surface area (Å²) in [6, 6.07) is 11.5. The Kier molecular flexibility index (Phi) is 5.87. The van der Waals surface area contributed by atoms with Gasteiger partial charge in [-0.3, -0.25) is 0 Å². The lowest BCUT2D eigenvalue weighted by Gasteiger charge is -2.32.